The molecule has 0 aromatic heterocycles. The van der Waals surface area contributed by atoms with Gasteiger partial charge in [-0.2, -0.15) is 0 Å². The summed E-state index contributed by atoms with van der Waals surface area (Å²) in [5.74, 6) is 3.86. The van der Waals surface area contributed by atoms with E-state index in [2.05, 4.69) is 6.08 Å². The molecule has 4 rings (SSSR count). The number of esters is 1. The van der Waals surface area contributed by atoms with Crippen LogP contribution < -0.4 is 0 Å². The molecule has 15 heavy (non-hydrogen) atoms. The van der Waals surface area contributed by atoms with E-state index in [1.165, 1.54) is 19.3 Å². The lowest BCUT2D eigenvalue weighted by atomic mass is 9.78. The molecule has 2 bridgehead atoms. The van der Waals surface area contributed by atoms with Crippen LogP contribution in [0, 0.1) is 29.6 Å². The molecule has 3 fully saturated rings. The molecular formula is C13H16O2. The van der Waals surface area contributed by atoms with Gasteiger partial charge in [-0.3, -0.25) is 4.79 Å². The van der Waals surface area contributed by atoms with E-state index in [-0.39, 0.29) is 12.1 Å². The zero-order valence-corrected chi connectivity index (χ0v) is 8.98. The zero-order valence-electron chi connectivity index (χ0n) is 8.98. The summed E-state index contributed by atoms with van der Waals surface area (Å²) >= 11 is 0. The monoisotopic (exact) mass is 204 g/mol. The molecule has 0 amide bonds. The third-order valence-corrected chi connectivity index (χ3v) is 5.26. The Morgan fingerprint density at radius 3 is 3.00 bits per heavy atom. The number of carbonyl (C=O) groups excluding carboxylic acids is 1. The first-order valence-corrected chi connectivity index (χ1v) is 6.12. The van der Waals surface area contributed by atoms with Gasteiger partial charge in [0, 0.05) is 18.8 Å². The summed E-state index contributed by atoms with van der Waals surface area (Å²) in [4.78, 5) is 11.1. The minimum absolute atomic E-state index is 0.0825. The van der Waals surface area contributed by atoms with Crippen LogP contribution in [0.5, 0.6) is 0 Å². The largest absolute Gasteiger partial charge is 0.462 e. The van der Waals surface area contributed by atoms with Crippen LogP contribution in [-0.2, 0) is 9.53 Å². The molecule has 0 heterocycles. The van der Waals surface area contributed by atoms with Crippen LogP contribution >= 0.6 is 0 Å². The Bertz CT molecular complexity index is 371. The van der Waals surface area contributed by atoms with E-state index in [1.807, 2.05) is 0 Å². The summed E-state index contributed by atoms with van der Waals surface area (Å²) in [6.45, 7) is 1.55. The van der Waals surface area contributed by atoms with E-state index < -0.39 is 0 Å². The van der Waals surface area contributed by atoms with Gasteiger partial charge in [-0.1, -0.05) is 11.6 Å². The van der Waals surface area contributed by atoms with Crippen LogP contribution in [0.15, 0.2) is 11.6 Å². The molecule has 0 aromatic carbocycles. The Kier molecular flexibility index (Phi) is 1.38. The van der Waals surface area contributed by atoms with Crippen molar-refractivity contribution in [3.63, 3.8) is 0 Å². The molecule has 0 aliphatic heterocycles. The molecule has 0 saturated heterocycles. The Morgan fingerprint density at radius 1 is 1.33 bits per heavy atom. The van der Waals surface area contributed by atoms with Crippen molar-refractivity contribution >= 4 is 5.97 Å². The van der Waals surface area contributed by atoms with Crippen molar-refractivity contribution in [2.24, 2.45) is 29.6 Å². The van der Waals surface area contributed by atoms with Crippen molar-refractivity contribution in [1.82, 2.24) is 0 Å². The fourth-order valence-electron chi connectivity index (χ4n) is 5.02. The van der Waals surface area contributed by atoms with Crippen molar-refractivity contribution in [2.45, 2.75) is 32.3 Å². The molecule has 6 unspecified atom stereocenters. The lowest BCUT2D eigenvalue weighted by Crippen LogP contribution is -2.35. The number of rotatable bonds is 1. The van der Waals surface area contributed by atoms with E-state index in [9.17, 15) is 4.79 Å². The highest BCUT2D eigenvalue weighted by molar-refractivity contribution is 5.66. The maximum Gasteiger partial charge on any atom is 0.302 e. The van der Waals surface area contributed by atoms with Crippen LogP contribution in [0.2, 0.25) is 0 Å². The number of fused-ring (bicyclic) bond motifs is 2. The molecule has 6 atom stereocenters. The Balaban J connectivity index is 1.72. The van der Waals surface area contributed by atoms with Gasteiger partial charge >= 0.3 is 5.97 Å². The lowest BCUT2D eigenvalue weighted by molar-refractivity contribution is -0.152. The molecular weight excluding hydrogens is 188 g/mol. The number of carbonyl (C=O) groups is 1. The highest BCUT2D eigenvalue weighted by Gasteiger charge is 2.64. The zero-order chi connectivity index (χ0) is 10.2. The van der Waals surface area contributed by atoms with Crippen molar-refractivity contribution in [1.29, 1.82) is 0 Å². The highest BCUT2D eigenvalue weighted by Crippen LogP contribution is 2.68. The van der Waals surface area contributed by atoms with Crippen LogP contribution in [0.3, 0.4) is 0 Å². The van der Waals surface area contributed by atoms with Crippen LogP contribution in [0.25, 0.3) is 0 Å². The molecule has 80 valence electrons. The smallest absolute Gasteiger partial charge is 0.302 e. The van der Waals surface area contributed by atoms with Gasteiger partial charge in [0.1, 0.15) is 6.10 Å². The molecule has 2 heteroatoms. The number of hydrogen-bond acceptors (Lipinski definition) is 2. The molecule has 0 aromatic rings. The third-order valence-electron chi connectivity index (χ3n) is 5.26. The third kappa shape index (κ3) is 0.849. The van der Waals surface area contributed by atoms with Crippen molar-refractivity contribution in [2.75, 3.05) is 0 Å². The molecule has 2 nitrogen and oxygen atoms in total. The molecule has 4 aliphatic rings. The molecule has 4 aliphatic carbocycles. The standard InChI is InChI=1S/C13H16O2/c1-6(14)15-13-10-4-7-2-3-8-11(13)5-9(10)12(7)8/h2,8-13H,3-5H2,1H3. The average Bonchev–Trinajstić information content (AvgIpc) is 2.80. The fraction of sp³-hybridized carbons (Fsp3) is 0.769. The van der Waals surface area contributed by atoms with E-state index in [4.69, 9.17) is 4.74 Å². The van der Waals surface area contributed by atoms with Gasteiger partial charge in [0.2, 0.25) is 0 Å². The van der Waals surface area contributed by atoms with Crippen molar-refractivity contribution in [3.8, 4) is 0 Å². The molecule has 0 radical (unpaired) electrons. The number of ether oxygens (including phenoxy) is 1. The van der Waals surface area contributed by atoms with Gasteiger partial charge in [0.25, 0.3) is 0 Å². The molecule has 0 N–H and O–H groups in total. The SMILES string of the molecule is CC(=O)OC1C2CC3C1CC1=CCC2C13. The summed E-state index contributed by atoms with van der Waals surface area (Å²) in [6.07, 6.45) is 6.54. The minimum atomic E-state index is -0.0825. The van der Waals surface area contributed by atoms with E-state index in [1.54, 1.807) is 12.5 Å². The van der Waals surface area contributed by atoms with Gasteiger partial charge in [0.05, 0.1) is 0 Å². The van der Waals surface area contributed by atoms with Crippen LogP contribution in [0.1, 0.15) is 26.2 Å². The van der Waals surface area contributed by atoms with E-state index >= 15 is 0 Å². The van der Waals surface area contributed by atoms with E-state index in [0.717, 1.165) is 17.8 Å². The lowest BCUT2D eigenvalue weighted by Gasteiger charge is -2.32. The first-order chi connectivity index (χ1) is 7.25. The minimum Gasteiger partial charge on any atom is -0.462 e. The Hall–Kier alpha value is -0.790. The summed E-state index contributed by atoms with van der Waals surface area (Å²) in [7, 11) is 0. The van der Waals surface area contributed by atoms with Crippen molar-refractivity contribution in [3.05, 3.63) is 11.6 Å². The van der Waals surface area contributed by atoms with Gasteiger partial charge in [-0.25, -0.2) is 0 Å². The molecule has 0 spiro atoms. The van der Waals surface area contributed by atoms with Gasteiger partial charge < -0.3 is 4.74 Å². The number of allylic oxidation sites excluding steroid dienone is 2. The normalized spacial score (nSPS) is 53.5. The van der Waals surface area contributed by atoms with Crippen molar-refractivity contribution < 1.29 is 9.53 Å². The van der Waals surface area contributed by atoms with Gasteiger partial charge in [0.15, 0.2) is 0 Å². The first-order valence-electron chi connectivity index (χ1n) is 6.12. The predicted molar refractivity (Wildman–Crippen MR) is 54.9 cm³/mol. The van der Waals surface area contributed by atoms with Gasteiger partial charge in [-0.05, 0) is 37.0 Å². The Labute approximate surface area is 89.7 Å². The summed E-state index contributed by atoms with van der Waals surface area (Å²) in [5, 5.41) is 0. The quantitative estimate of drug-likeness (QED) is 0.483. The molecule has 3 saturated carbocycles. The average molecular weight is 204 g/mol. The second kappa shape index (κ2) is 2.47. The first kappa shape index (κ1) is 8.37. The summed E-state index contributed by atoms with van der Waals surface area (Å²) in [5.41, 5.74) is 1.70. The predicted octanol–water partition coefficient (Wildman–Crippen LogP) is 2.15. The number of hydrogen-bond donors (Lipinski definition) is 0. The Morgan fingerprint density at radius 2 is 2.20 bits per heavy atom. The second-order valence-electron chi connectivity index (χ2n) is 5.71. The van der Waals surface area contributed by atoms with Crippen LogP contribution in [0.4, 0.5) is 0 Å². The maximum absolute atomic E-state index is 11.1. The fourth-order valence-corrected chi connectivity index (χ4v) is 5.02. The second-order valence-corrected chi connectivity index (χ2v) is 5.71. The summed E-state index contributed by atoms with van der Waals surface area (Å²) in [6, 6.07) is 0. The summed E-state index contributed by atoms with van der Waals surface area (Å²) < 4.78 is 5.56. The highest BCUT2D eigenvalue weighted by atomic mass is 16.5. The topological polar surface area (TPSA) is 26.3 Å². The van der Waals surface area contributed by atoms with Gasteiger partial charge in [-0.15, -0.1) is 0 Å². The van der Waals surface area contributed by atoms with E-state index in [0.29, 0.717) is 11.8 Å². The van der Waals surface area contributed by atoms with Crippen LogP contribution in [-0.4, -0.2) is 12.1 Å². The maximum atomic E-state index is 11.1.